The van der Waals surface area contributed by atoms with Crippen LogP contribution in [0.3, 0.4) is 0 Å². The zero-order valence-electron chi connectivity index (χ0n) is 18.1. The van der Waals surface area contributed by atoms with E-state index in [0.717, 1.165) is 43.1 Å². The molecule has 2 aromatic heterocycles. The van der Waals surface area contributed by atoms with Gasteiger partial charge in [0.05, 0.1) is 11.9 Å². The highest BCUT2D eigenvalue weighted by molar-refractivity contribution is 5.50. The van der Waals surface area contributed by atoms with Crippen molar-refractivity contribution in [3.8, 4) is 0 Å². The molecule has 5 rings (SSSR count). The van der Waals surface area contributed by atoms with Gasteiger partial charge in [-0.25, -0.2) is 14.4 Å². The smallest absolute Gasteiger partial charge is 0.215 e. The Morgan fingerprint density at radius 3 is 2.47 bits per heavy atom. The number of imidazole rings is 1. The fraction of sp³-hybridized carbons (Fsp3) is 0.280. The normalized spacial score (nSPS) is 15.8. The highest BCUT2D eigenvalue weighted by Gasteiger charge is 2.30. The van der Waals surface area contributed by atoms with Crippen LogP contribution in [-0.4, -0.2) is 45.6 Å². The maximum atomic E-state index is 15.0. The molecule has 0 radical (unpaired) electrons. The van der Waals surface area contributed by atoms with Gasteiger partial charge in [0.25, 0.3) is 0 Å². The van der Waals surface area contributed by atoms with Crippen molar-refractivity contribution in [2.45, 2.75) is 12.5 Å². The molecular weight excluding hydrogens is 405 g/mol. The average Bonchev–Trinajstić information content (AvgIpc) is 3.48. The molecule has 1 atom stereocenters. The number of oxazole rings is 1. The van der Waals surface area contributed by atoms with E-state index in [4.69, 9.17) is 4.42 Å². The van der Waals surface area contributed by atoms with Crippen LogP contribution in [0.1, 0.15) is 28.9 Å². The molecule has 0 spiro atoms. The van der Waals surface area contributed by atoms with E-state index in [1.54, 1.807) is 24.7 Å². The summed E-state index contributed by atoms with van der Waals surface area (Å²) < 4.78 is 22.6. The molecular formula is C25H26FN5O. The largest absolute Gasteiger partial charge is 0.447 e. The van der Waals surface area contributed by atoms with Crippen LogP contribution in [0.2, 0.25) is 0 Å². The van der Waals surface area contributed by atoms with Gasteiger partial charge in [0.15, 0.2) is 0 Å². The Kier molecular flexibility index (Phi) is 5.73. The second-order valence-electron chi connectivity index (χ2n) is 8.12. The fourth-order valence-corrected chi connectivity index (χ4v) is 4.40. The van der Waals surface area contributed by atoms with Crippen LogP contribution >= 0.6 is 0 Å². The molecule has 4 aromatic rings. The van der Waals surface area contributed by atoms with Crippen molar-refractivity contribution in [2.24, 2.45) is 7.05 Å². The number of benzene rings is 2. The van der Waals surface area contributed by atoms with Crippen LogP contribution in [0, 0.1) is 5.82 Å². The molecule has 164 valence electrons. The summed E-state index contributed by atoms with van der Waals surface area (Å²) in [5, 5.41) is 0. The van der Waals surface area contributed by atoms with Crippen molar-refractivity contribution < 1.29 is 8.81 Å². The zero-order chi connectivity index (χ0) is 21.9. The highest BCUT2D eigenvalue weighted by atomic mass is 19.1. The minimum Gasteiger partial charge on any atom is -0.447 e. The molecule has 1 unspecified atom stereocenters. The van der Waals surface area contributed by atoms with Gasteiger partial charge in [-0.3, -0.25) is 4.90 Å². The molecule has 1 fully saturated rings. The second kappa shape index (κ2) is 8.96. The summed E-state index contributed by atoms with van der Waals surface area (Å²) in [6.07, 6.45) is 7.58. The predicted molar refractivity (Wildman–Crippen MR) is 121 cm³/mol. The number of aromatic nitrogens is 3. The molecule has 3 heterocycles. The number of anilines is 1. The third-order valence-electron chi connectivity index (χ3n) is 6.12. The van der Waals surface area contributed by atoms with Gasteiger partial charge in [-0.05, 0) is 23.3 Å². The van der Waals surface area contributed by atoms with Crippen LogP contribution in [0.5, 0.6) is 0 Å². The van der Waals surface area contributed by atoms with Gasteiger partial charge in [0.2, 0.25) is 5.89 Å². The summed E-state index contributed by atoms with van der Waals surface area (Å²) in [6.45, 7) is 3.05. The van der Waals surface area contributed by atoms with E-state index in [-0.39, 0.29) is 11.9 Å². The molecule has 0 bridgehead atoms. The van der Waals surface area contributed by atoms with Crippen molar-refractivity contribution in [1.82, 2.24) is 19.4 Å². The van der Waals surface area contributed by atoms with Crippen LogP contribution < -0.4 is 4.90 Å². The summed E-state index contributed by atoms with van der Waals surface area (Å²) in [7, 11) is 1.95. The highest BCUT2D eigenvalue weighted by Crippen LogP contribution is 2.30. The van der Waals surface area contributed by atoms with Gasteiger partial charge in [-0.1, -0.05) is 36.4 Å². The molecule has 7 heteroatoms. The number of aryl methyl sites for hydroxylation is 1. The Labute approximate surface area is 186 Å². The maximum absolute atomic E-state index is 15.0. The first-order chi connectivity index (χ1) is 15.7. The first-order valence-corrected chi connectivity index (χ1v) is 10.9. The van der Waals surface area contributed by atoms with Gasteiger partial charge >= 0.3 is 0 Å². The Hall–Kier alpha value is -3.45. The van der Waals surface area contributed by atoms with Crippen LogP contribution in [0.4, 0.5) is 10.1 Å². The zero-order valence-corrected chi connectivity index (χ0v) is 18.1. The van der Waals surface area contributed by atoms with E-state index >= 15 is 4.39 Å². The van der Waals surface area contributed by atoms with Gasteiger partial charge in [-0.2, -0.15) is 0 Å². The number of hydrogen-bond acceptors (Lipinski definition) is 5. The molecule has 0 aliphatic carbocycles. The first kappa shape index (κ1) is 20.5. The SMILES string of the molecule is Cn1ccnc1Cc1ccc(N2CCN(C(c3ccccc3)c3ncco3)CC2)c(F)c1. The Bertz CT molecular complexity index is 1150. The lowest BCUT2D eigenvalue weighted by Crippen LogP contribution is -2.48. The van der Waals surface area contributed by atoms with Crippen molar-refractivity contribution in [3.63, 3.8) is 0 Å². The van der Waals surface area contributed by atoms with Crippen molar-refractivity contribution in [1.29, 1.82) is 0 Å². The minimum absolute atomic E-state index is 0.0432. The van der Waals surface area contributed by atoms with E-state index < -0.39 is 0 Å². The van der Waals surface area contributed by atoms with E-state index in [9.17, 15) is 0 Å². The maximum Gasteiger partial charge on any atom is 0.215 e. The Balaban J connectivity index is 1.29. The lowest BCUT2D eigenvalue weighted by atomic mass is 10.0. The predicted octanol–water partition coefficient (Wildman–Crippen LogP) is 4.05. The van der Waals surface area contributed by atoms with Gasteiger partial charge in [0, 0.05) is 52.0 Å². The summed E-state index contributed by atoms with van der Waals surface area (Å²) in [6, 6.07) is 15.8. The number of piperazine rings is 1. The molecule has 2 aromatic carbocycles. The quantitative estimate of drug-likeness (QED) is 0.461. The monoisotopic (exact) mass is 431 g/mol. The summed E-state index contributed by atoms with van der Waals surface area (Å²) in [4.78, 5) is 13.2. The number of halogens is 1. The standard InChI is InChI=1S/C25H26FN5O/c1-29-11-9-27-23(29)18-19-7-8-22(21(26)17-19)30-12-14-31(15-13-30)24(25-28-10-16-32-25)20-5-3-2-4-6-20/h2-11,16-17,24H,12-15,18H2,1H3. The van der Waals surface area contributed by atoms with Crippen molar-refractivity contribution >= 4 is 5.69 Å². The average molecular weight is 432 g/mol. The van der Waals surface area contributed by atoms with E-state index in [0.29, 0.717) is 18.0 Å². The Morgan fingerprint density at radius 1 is 1.00 bits per heavy atom. The number of nitrogens with zero attached hydrogens (tertiary/aromatic N) is 5. The first-order valence-electron chi connectivity index (χ1n) is 10.9. The van der Waals surface area contributed by atoms with Gasteiger partial charge in [-0.15, -0.1) is 0 Å². The van der Waals surface area contributed by atoms with E-state index in [1.165, 1.54) is 0 Å². The van der Waals surface area contributed by atoms with E-state index in [1.807, 2.05) is 48.1 Å². The summed E-state index contributed by atoms with van der Waals surface area (Å²) in [5.41, 5.74) is 2.72. The Morgan fingerprint density at radius 2 is 1.81 bits per heavy atom. The second-order valence-corrected chi connectivity index (χ2v) is 8.12. The third kappa shape index (κ3) is 4.16. The molecule has 0 N–H and O–H groups in total. The number of rotatable bonds is 6. The minimum atomic E-state index is -0.183. The summed E-state index contributed by atoms with van der Waals surface area (Å²) in [5.74, 6) is 1.43. The third-order valence-corrected chi connectivity index (χ3v) is 6.12. The summed E-state index contributed by atoms with van der Waals surface area (Å²) >= 11 is 0. The molecule has 6 nitrogen and oxygen atoms in total. The molecule has 0 amide bonds. The fourth-order valence-electron chi connectivity index (χ4n) is 4.40. The number of hydrogen-bond donors (Lipinski definition) is 0. The van der Waals surface area contributed by atoms with Crippen molar-refractivity contribution in [3.05, 3.63) is 102 Å². The van der Waals surface area contributed by atoms with Crippen LogP contribution in [-0.2, 0) is 13.5 Å². The van der Waals surface area contributed by atoms with Gasteiger partial charge in [0.1, 0.15) is 23.9 Å². The lowest BCUT2D eigenvalue weighted by Gasteiger charge is -2.39. The van der Waals surface area contributed by atoms with E-state index in [2.05, 4.69) is 31.9 Å². The van der Waals surface area contributed by atoms with Crippen LogP contribution in [0.25, 0.3) is 0 Å². The molecule has 1 saturated heterocycles. The molecule has 1 aliphatic heterocycles. The topological polar surface area (TPSA) is 50.3 Å². The van der Waals surface area contributed by atoms with Gasteiger partial charge < -0.3 is 13.9 Å². The molecule has 0 saturated carbocycles. The lowest BCUT2D eigenvalue weighted by molar-refractivity contribution is 0.187. The van der Waals surface area contributed by atoms with Crippen LogP contribution in [0.15, 0.2) is 77.8 Å². The molecule has 1 aliphatic rings. The molecule has 32 heavy (non-hydrogen) atoms. The van der Waals surface area contributed by atoms with Crippen molar-refractivity contribution in [2.75, 3.05) is 31.1 Å².